The van der Waals surface area contributed by atoms with Crippen LogP contribution in [-0.2, 0) is 0 Å². The minimum Gasteiger partial charge on any atom is -0.393 e. The molecule has 0 aromatic carbocycles. The third-order valence-electron chi connectivity index (χ3n) is 8.90. The summed E-state index contributed by atoms with van der Waals surface area (Å²) in [6.45, 7) is 7.46. The molecule has 0 aromatic heterocycles. The fourth-order valence-electron chi connectivity index (χ4n) is 7.21. The van der Waals surface area contributed by atoms with Crippen molar-refractivity contribution in [1.29, 1.82) is 0 Å². The van der Waals surface area contributed by atoms with Crippen molar-refractivity contribution >= 4 is 0 Å². The molecule has 140 valence electrons. The second kappa shape index (κ2) is 6.55. The van der Waals surface area contributed by atoms with Gasteiger partial charge in [0.25, 0.3) is 0 Å². The highest BCUT2D eigenvalue weighted by atomic mass is 16.3. The van der Waals surface area contributed by atoms with E-state index in [1.807, 2.05) is 0 Å². The molecular formula is C24H38O. The van der Waals surface area contributed by atoms with E-state index in [1.165, 1.54) is 57.8 Å². The lowest BCUT2D eigenvalue weighted by molar-refractivity contribution is 0.0429. The molecule has 0 spiro atoms. The molecule has 0 bridgehead atoms. The van der Waals surface area contributed by atoms with Crippen LogP contribution in [0, 0.1) is 28.6 Å². The second-order valence-corrected chi connectivity index (χ2v) is 10.1. The summed E-state index contributed by atoms with van der Waals surface area (Å²) in [7, 11) is 0. The van der Waals surface area contributed by atoms with E-state index >= 15 is 0 Å². The normalized spacial score (nSPS) is 45.9. The number of hydrogen-bond acceptors (Lipinski definition) is 1. The Morgan fingerprint density at radius 3 is 2.64 bits per heavy atom. The van der Waals surface area contributed by atoms with E-state index in [4.69, 9.17) is 0 Å². The van der Waals surface area contributed by atoms with Gasteiger partial charge in [-0.25, -0.2) is 0 Å². The van der Waals surface area contributed by atoms with Crippen LogP contribution in [0.25, 0.3) is 0 Å². The molecule has 0 radical (unpaired) electrons. The van der Waals surface area contributed by atoms with E-state index in [-0.39, 0.29) is 6.10 Å². The number of aliphatic hydroxyl groups excluding tert-OH is 1. The van der Waals surface area contributed by atoms with Crippen molar-refractivity contribution in [3.05, 3.63) is 23.3 Å². The summed E-state index contributed by atoms with van der Waals surface area (Å²) in [4.78, 5) is 0. The summed E-state index contributed by atoms with van der Waals surface area (Å²) in [5, 5.41) is 10.1. The van der Waals surface area contributed by atoms with Gasteiger partial charge in [0.05, 0.1) is 6.10 Å². The van der Waals surface area contributed by atoms with Gasteiger partial charge < -0.3 is 5.11 Å². The largest absolute Gasteiger partial charge is 0.393 e. The standard InChI is InChI=1S/C24H38O/c1-4-5-6-7-17-9-11-21-20-10-8-18-16-19(25)12-14-24(18,3)22(20)13-15-23(17,21)2/h8,10,17,19,21-22,25H,4-7,9,11-16H2,1-3H3/t17?,19?,21?,22?,23-,24+/m1/s1. The molecule has 4 rings (SSSR count). The summed E-state index contributed by atoms with van der Waals surface area (Å²) >= 11 is 0. The molecule has 4 unspecified atom stereocenters. The van der Waals surface area contributed by atoms with Gasteiger partial charge in [0, 0.05) is 0 Å². The Morgan fingerprint density at radius 2 is 1.84 bits per heavy atom. The molecule has 4 aliphatic carbocycles. The van der Waals surface area contributed by atoms with Gasteiger partial charge in [-0.2, -0.15) is 0 Å². The lowest BCUT2D eigenvalue weighted by Gasteiger charge is -2.54. The molecule has 0 saturated heterocycles. The Hall–Kier alpha value is -0.560. The number of fused-ring (bicyclic) bond motifs is 5. The highest BCUT2D eigenvalue weighted by molar-refractivity contribution is 5.38. The average Bonchev–Trinajstić information content (AvgIpc) is 2.92. The smallest absolute Gasteiger partial charge is 0.0578 e. The van der Waals surface area contributed by atoms with Gasteiger partial charge in [-0.05, 0) is 80.0 Å². The molecule has 0 aromatic rings. The first kappa shape index (κ1) is 17.8. The average molecular weight is 343 g/mol. The van der Waals surface area contributed by atoms with Crippen LogP contribution in [0.2, 0.25) is 0 Å². The van der Waals surface area contributed by atoms with Crippen LogP contribution in [0.15, 0.2) is 23.3 Å². The fourth-order valence-corrected chi connectivity index (χ4v) is 7.21. The van der Waals surface area contributed by atoms with E-state index in [1.54, 1.807) is 11.1 Å². The van der Waals surface area contributed by atoms with Crippen molar-refractivity contribution in [2.45, 2.75) is 97.5 Å². The molecule has 3 fully saturated rings. The molecule has 1 nitrogen and oxygen atoms in total. The van der Waals surface area contributed by atoms with E-state index < -0.39 is 0 Å². The molecule has 4 aliphatic rings. The monoisotopic (exact) mass is 342 g/mol. The Bertz CT molecular complexity index is 573. The molecule has 6 atom stereocenters. The van der Waals surface area contributed by atoms with Gasteiger partial charge in [0.15, 0.2) is 0 Å². The van der Waals surface area contributed by atoms with Gasteiger partial charge >= 0.3 is 0 Å². The first-order chi connectivity index (χ1) is 12.0. The maximum absolute atomic E-state index is 10.1. The number of unbranched alkanes of at least 4 members (excludes halogenated alkanes) is 2. The molecule has 3 saturated carbocycles. The van der Waals surface area contributed by atoms with E-state index in [0.29, 0.717) is 10.8 Å². The zero-order chi connectivity index (χ0) is 17.7. The van der Waals surface area contributed by atoms with E-state index in [9.17, 15) is 5.11 Å². The third kappa shape index (κ3) is 2.76. The summed E-state index contributed by atoms with van der Waals surface area (Å²) in [6.07, 6.45) is 19.3. The quantitative estimate of drug-likeness (QED) is 0.584. The maximum Gasteiger partial charge on any atom is 0.0578 e. The zero-order valence-electron chi connectivity index (χ0n) is 16.7. The maximum atomic E-state index is 10.1. The number of aliphatic hydroxyl groups is 1. The predicted molar refractivity (Wildman–Crippen MR) is 105 cm³/mol. The number of allylic oxidation sites excluding steroid dienone is 3. The van der Waals surface area contributed by atoms with Gasteiger partial charge in [-0.15, -0.1) is 0 Å². The second-order valence-electron chi connectivity index (χ2n) is 10.1. The Kier molecular flexibility index (Phi) is 4.67. The van der Waals surface area contributed by atoms with Gasteiger partial charge in [-0.3, -0.25) is 0 Å². The highest BCUT2D eigenvalue weighted by Gasteiger charge is 2.55. The van der Waals surface area contributed by atoms with Crippen molar-refractivity contribution in [3.63, 3.8) is 0 Å². The lowest BCUT2D eigenvalue weighted by Crippen LogP contribution is -2.45. The highest BCUT2D eigenvalue weighted by Crippen LogP contribution is 2.65. The lowest BCUT2D eigenvalue weighted by atomic mass is 9.50. The molecule has 1 heteroatoms. The van der Waals surface area contributed by atoms with Crippen molar-refractivity contribution in [2.24, 2.45) is 28.6 Å². The Labute approximate surface area is 155 Å². The molecule has 0 aliphatic heterocycles. The number of rotatable bonds is 4. The van der Waals surface area contributed by atoms with E-state index in [0.717, 1.165) is 30.6 Å². The van der Waals surface area contributed by atoms with Crippen molar-refractivity contribution < 1.29 is 5.11 Å². The van der Waals surface area contributed by atoms with Crippen LogP contribution in [0.3, 0.4) is 0 Å². The van der Waals surface area contributed by atoms with Gasteiger partial charge in [-0.1, -0.05) is 63.3 Å². The first-order valence-corrected chi connectivity index (χ1v) is 11.1. The Balaban J connectivity index is 1.58. The summed E-state index contributed by atoms with van der Waals surface area (Å²) in [6, 6.07) is 0. The SMILES string of the molecule is CCCCCC1CCC2C3=CC=C4CC(O)CC[C@]4(C)C3CC[C@]12C. The minimum absolute atomic E-state index is 0.0995. The van der Waals surface area contributed by atoms with Crippen LogP contribution in [0.4, 0.5) is 0 Å². The van der Waals surface area contributed by atoms with Crippen molar-refractivity contribution in [1.82, 2.24) is 0 Å². The minimum atomic E-state index is -0.0995. The Morgan fingerprint density at radius 1 is 1.00 bits per heavy atom. The van der Waals surface area contributed by atoms with Crippen molar-refractivity contribution in [2.75, 3.05) is 0 Å². The molecule has 1 N–H and O–H groups in total. The van der Waals surface area contributed by atoms with Crippen LogP contribution >= 0.6 is 0 Å². The molecule has 0 amide bonds. The van der Waals surface area contributed by atoms with Crippen molar-refractivity contribution in [3.8, 4) is 0 Å². The van der Waals surface area contributed by atoms with Crippen LogP contribution in [0.5, 0.6) is 0 Å². The van der Waals surface area contributed by atoms with E-state index in [2.05, 4.69) is 32.9 Å². The van der Waals surface area contributed by atoms with Crippen LogP contribution in [0.1, 0.15) is 91.4 Å². The summed E-state index contributed by atoms with van der Waals surface area (Å²) < 4.78 is 0. The molecule has 25 heavy (non-hydrogen) atoms. The summed E-state index contributed by atoms with van der Waals surface area (Å²) in [5.74, 6) is 2.55. The van der Waals surface area contributed by atoms with Crippen LogP contribution in [-0.4, -0.2) is 11.2 Å². The van der Waals surface area contributed by atoms with Gasteiger partial charge in [0.2, 0.25) is 0 Å². The third-order valence-corrected chi connectivity index (χ3v) is 8.90. The topological polar surface area (TPSA) is 20.2 Å². The summed E-state index contributed by atoms with van der Waals surface area (Å²) in [5.41, 5.74) is 4.24. The predicted octanol–water partition coefficient (Wildman–Crippen LogP) is 6.43. The number of hydrogen-bond donors (Lipinski definition) is 1. The fraction of sp³-hybridized carbons (Fsp3) is 0.833. The zero-order valence-corrected chi connectivity index (χ0v) is 16.7. The van der Waals surface area contributed by atoms with Crippen LogP contribution < -0.4 is 0 Å². The molecule has 0 heterocycles. The van der Waals surface area contributed by atoms with Gasteiger partial charge in [0.1, 0.15) is 0 Å². The molecular weight excluding hydrogens is 304 g/mol. The first-order valence-electron chi connectivity index (χ1n) is 11.1.